The van der Waals surface area contributed by atoms with E-state index in [1.165, 1.54) is 0 Å². The van der Waals surface area contributed by atoms with Gasteiger partial charge in [0, 0.05) is 31.7 Å². The summed E-state index contributed by atoms with van der Waals surface area (Å²) in [6.45, 7) is 2.11. The van der Waals surface area contributed by atoms with Crippen molar-refractivity contribution in [3.05, 3.63) is 22.2 Å². The van der Waals surface area contributed by atoms with Crippen molar-refractivity contribution in [1.29, 1.82) is 0 Å². The summed E-state index contributed by atoms with van der Waals surface area (Å²) in [6, 6.07) is 1.60. The normalized spacial score (nSPS) is 23.6. The summed E-state index contributed by atoms with van der Waals surface area (Å²) in [7, 11) is 0. The second-order valence-corrected chi connectivity index (χ2v) is 5.73. The van der Waals surface area contributed by atoms with Crippen LogP contribution in [0.3, 0.4) is 0 Å². The Hall–Kier alpha value is -1.36. The van der Waals surface area contributed by atoms with Gasteiger partial charge in [0.05, 0.1) is 0 Å². The molecule has 1 aliphatic carbocycles. The number of nitrogens with one attached hydrogen (secondary N) is 1. The lowest BCUT2D eigenvalue weighted by Gasteiger charge is -2.33. The van der Waals surface area contributed by atoms with Crippen molar-refractivity contribution in [1.82, 2.24) is 9.97 Å². The average molecular weight is 263 g/mol. The van der Waals surface area contributed by atoms with Gasteiger partial charge in [-0.3, -0.25) is 4.79 Å². The van der Waals surface area contributed by atoms with Gasteiger partial charge < -0.3 is 15.0 Å². The first kappa shape index (κ1) is 12.7. The molecule has 2 fully saturated rings. The Bertz CT molecular complexity index is 494. The van der Waals surface area contributed by atoms with Crippen molar-refractivity contribution in [2.24, 2.45) is 5.92 Å². The summed E-state index contributed by atoms with van der Waals surface area (Å²) in [5.74, 6) is 2.65. The highest BCUT2D eigenvalue weighted by atomic mass is 16.3. The van der Waals surface area contributed by atoms with E-state index >= 15 is 0 Å². The van der Waals surface area contributed by atoms with Crippen molar-refractivity contribution in [3.8, 4) is 0 Å². The molecule has 1 aromatic heterocycles. The Morgan fingerprint density at radius 1 is 1.42 bits per heavy atom. The van der Waals surface area contributed by atoms with Crippen molar-refractivity contribution in [3.63, 3.8) is 0 Å². The van der Waals surface area contributed by atoms with Gasteiger partial charge in [0.1, 0.15) is 11.6 Å². The van der Waals surface area contributed by atoms with E-state index < -0.39 is 0 Å². The molecular weight excluding hydrogens is 242 g/mol. The zero-order valence-corrected chi connectivity index (χ0v) is 11.1. The maximum atomic E-state index is 11.7. The molecule has 1 aromatic rings. The topological polar surface area (TPSA) is 69.2 Å². The Labute approximate surface area is 112 Å². The Morgan fingerprint density at radius 3 is 3.00 bits per heavy atom. The largest absolute Gasteiger partial charge is 0.396 e. The number of rotatable bonds is 4. The number of nitrogens with zero attached hydrogens (tertiary/aromatic N) is 2. The number of aromatic nitrogens is 2. The molecule has 0 amide bonds. The van der Waals surface area contributed by atoms with Crippen molar-refractivity contribution in [2.45, 2.75) is 38.0 Å². The standard InChI is InChI=1S/C14H21N3O2/c18-7-5-10-2-1-6-17(9-10)12-8-13(19)16-14(15-12)11-3-4-11/h8,10-11,18H,1-7,9H2,(H,15,16,19). The summed E-state index contributed by atoms with van der Waals surface area (Å²) in [6.07, 6.45) is 5.39. The van der Waals surface area contributed by atoms with Gasteiger partial charge in [0.2, 0.25) is 0 Å². The van der Waals surface area contributed by atoms with Gasteiger partial charge >= 0.3 is 0 Å². The first-order chi connectivity index (χ1) is 9.26. The number of piperidine rings is 1. The maximum Gasteiger partial charge on any atom is 0.252 e. The number of aliphatic hydroxyl groups excluding tert-OH is 1. The molecule has 0 bridgehead atoms. The third-order valence-electron chi connectivity index (χ3n) is 4.09. The van der Waals surface area contributed by atoms with Gasteiger partial charge in [0.15, 0.2) is 0 Å². The van der Waals surface area contributed by atoms with E-state index in [-0.39, 0.29) is 12.2 Å². The number of hydrogen-bond acceptors (Lipinski definition) is 4. The quantitative estimate of drug-likeness (QED) is 0.857. The number of hydrogen-bond donors (Lipinski definition) is 2. The van der Waals surface area contributed by atoms with Crippen molar-refractivity contribution in [2.75, 3.05) is 24.6 Å². The summed E-state index contributed by atoms with van der Waals surface area (Å²) in [5, 5.41) is 9.06. The van der Waals surface area contributed by atoms with E-state index in [9.17, 15) is 4.79 Å². The van der Waals surface area contributed by atoms with Gasteiger partial charge in [-0.05, 0) is 38.0 Å². The van der Waals surface area contributed by atoms with Crippen LogP contribution in [0.25, 0.3) is 0 Å². The average Bonchev–Trinajstić information content (AvgIpc) is 3.23. The van der Waals surface area contributed by atoms with Crippen molar-refractivity contribution < 1.29 is 5.11 Å². The van der Waals surface area contributed by atoms with E-state index in [1.807, 2.05) is 0 Å². The predicted molar refractivity (Wildman–Crippen MR) is 73.5 cm³/mol. The molecule has 0 radical (unpaired) electrons. The lowest BCUT2D eigenvalue weighted by Crippen LogP contribution is -2.37. The van der Waals surface area contributed by atoms with Crippen LogP contribution in [0.15, 0.2) is 10.9 Å². The number of anilines is 1. The lowest BCUT2D eigenvalue weighted by atomic mass is 9.95. The molecule has 2 heterocycles. The smallest absolute Gasteiger partial charge is 0.252 e. The third kappa shape index (κ3) is 2.97. The molecule has 3 rings (SSSR count). The molecule has 1 saturated carbocycles. The molecule has 104 valence electrons. The van der Waals surface area contributed by atoms with Crippen LogP contribution in [-0.2, 0) is 0 Å². The SMILES string of the molecule is O=c1cc(N2CCCC(CCO)C2)nc(C2CC2)[nH]1. The molecule has 1 atom stereocenters. The minimum absolute atomic E-state index is 0.0452. The van der Waals surface area contributed by atoms with Gasteiger partial charge in [-0.1, -0.05) is 0 Å². The summed E-state index contributed by atoms with van der Waals surface area (Å²) in [5.41, 5.74) is -0.0452. The van der Waals surface area contributed by atoms with Crippen LogP contribution in [0.2, 0.25) is 0 Å². The molecule has 1 saturated heterocycles. The third-order valence-corrected chi connectivity index (χ3v) is 4.09. The minimum atomic E-state index is -0.0452. The second kappa shape index (κ2) is 5.33. The van der Waals surface area contributed by atoms with E-state index in [1.54, 1.807) is 6.07 Å². The molecular formula is C14H21N3O2. The molecule has 2 aliphatic rings. The van der Waals surface area contributed by atoms with Crippen LogP contribution in [0.5, 0.6) is 0 Å². The van der Waals surface area contributed by atoms with E-state index in [0.29, 0.717) is 11.8 Å². The zero-order valence-electron chi connectivity index (χ0n) is 11.1. The first-order valence-electron chi connectivity index (χ1n) is 7.23. The molecule has 5 nitrogen and oxygen atoms in total. The van der Waals surface area contributed by atoms with Crippen LogP contribution in [0.1, 0.15) is 43.8 Å². The monoisotopic (exact) mass is 263 g/mol. The molecule has 2 N–H and O–H groups in total. The highest BCUT2D eigenvalue weighted by Gasteiger charge is 2.28. The summed E-state index contributed by atoms with van der Waals surface area (Å²) in [4.78, 5) is 21.4. The van der Waals surface area contributed by atoms with Gasteiger partial charge in [0.25, 0.3) is 5.56 Å². The van der Waals surface area contributed by atoms with Crippen LogP contribution in [0.4, 0.5) is 5.82 Å². The molecule has 0 spiro atoms. The highest BCUT2D eigenvalue weighted by Crippen LogP contribution is 2.38. The van der Waals surface area contributed by atoms with Gasteiger partial charge in [-0.15, -0.1) is 0 Å². The molecule has 19 heavy (non-hydrogen) atoms. The fourth-order valence-electron chi connectivity index (χ4n) is 2.87. The lowest BCUT2D eigenvalue weighted by molar-refractivity contribution is 0.244. The van der Waals surface area contributed by atoms with E-state index in [4.69, 9.17) is 5.11 Å². The van der Waals surface area contributed by atoms with Crippen LogP contribution < -0.4 is 10.5 Å². The fraction of sp³-hybridized carbons (Fsp3) is 0.714. The Kier molecular flexibility index (Phi) is 3.55. The van der Waals surface area contributed by atoms with Crippen molar-refractivity contribution >= 4 is 5.82 Å². The molecule has 5 heteroatoms. The fourth-order valence-corrected chi connectivity index (χ4v) is 2.87. The molecule has 1 unspecified atom stereocenters. The maximum absolute atomic E-state index is 11.7. The van der Waals surface area contributed by atoms with Gasteiger partial charge in [-0.25, -0.2) is 4.98 Å². The first-order valence-corrected chi connectivity index (χ1v) is 7.23. The zero-order chi connectivity index (χ0) is 13.2. The Morgan fingerprint density at radius 2 is 2.26 bits per heavy atom. The van der Waals surface area contributed by atoms with E-state index in [0.717, 1.165) is 56.8 Å². The molecule has 0 aromatic carbocycles. The van der Waals surface area contributed by atoms with Gasteiger partial charge in [-0.2, -0.15) is 0 Å². The highest BCUT2D eigenvalue weighted by molar-refractivity contribution is 5.38. The minimum Gasteiger partial charge on any atom is -0.396 e. The van der Waals surface area contributed by atoms with E-state index in [2.05, 4.69) is 14.9 Å². The molecule has 1 aliphatic heterocycles. The second-order valence-electron chi connectivity index (χ2n) is 5.73. The number of H-pyrrole nitrogens is 1. The van der Waals surface area contributed by atoms with Crippen LogP contribution in [-0.4, -0.2) is 34.8 Å². The Balaban J connectivity index is 1.78. The van der Waals surface area contributed by atoms with Crippen LogP contribution in [0, 0.1) is 5.92 Å². The van der Waals surface area contributed by atoms with Crippen LogP contribution >= 0.6 is 0 Å². The summed E-state index contributed by atoms with van der Waals surface area (Å²) < 4.78 is 0. The summed E-state index contributed by atoms with van der Waals surface area (Å²) >= 11 is 0. The predicted octanol–water partition coefficient (Wildman–Crippen LogP) is 1.25. The number of aromatic amines is 1. The number of aliphatic hydroxyl groups is 1.